The smallest absolute Gasteiger partial charge is 0.268 e. The van der Waals surface area contributed by atoms with Crippen LogP contribution in [0.4, 0.5) is 11.4 Å². The standard InChI is InChI=1S/C31H22ClN3O2S2/c1-21-12-14-22(15-13-21)20-27-30(37)34(25-10-6-3-7-11-25)31(38-27)35(26-18-16-24(32)17-19-26)33-29(39-31)28(36)23-8-4-2-5-9-23/h2-20H,1H3. The minimum Gasteiger partial charge on any atom is -0.286 e. The monoisotopic (exact) mass is 567 g/mol. The number of Topliss-reactive ketones (excluding diaryl/α,β-unsaturated/α-hetero) is 1. The first kappa shape index (κ1) is 25.5. The summed E-state index contributed by atoms with van der Waals surface area (Å²) in [6.45, 7) is 2.03. The van der Waals surface area contributed by atoms with Gasteiger partial charge >= 0.3 is 0 Å². The van der Waals surface area contributed by atoms with Crippen molar-refractivity contribution in [2.45, 2.75) is 11.3 Å². The Hall–Kier alpha value is -3.78. The predicted octanol–water partition coefficient (Wildman–Crippen LogP) is 7.83. The number of amides is 1. The highest BCUT2D eigenvalue weighted by Crippen LogP contribution is 2.59. The molecule has 6 rings (SSSR count). The summed E-state index contributed by atoms with van der Waals surface area (Å²) in [6, 6.07) is 33.8. The number of halogens is 1. The molecule has 1 spiro atoms. The molecule has 0 aromatic heterocycles. The fourth-order valence-electron chi connectivity index (χ4n) is 4.39. The molecule has 1 fully saturated rings. The number of carbonyl (C=O) groups excluding carboxylic acids is 2. The highest BCUT2D eigenvalue weighted by atomic mass is 35.5. The molecule has 2 aliphatic rings. The molecule has 0 saturated carbocycles. The van der Waals surface area contributed by atoms with Crippen LogP contribution in [-0.4, -0.2) is 21.1 Å². The first-order valence-electron chi connectivity index (χ1n) is 12.2. The number of nitrogens with zero attached hydrogens (tertiary/aromatic N) is 3. The Bertz CT molecular complexity index is 1610. The van der Waals surface area contributed by atoms with Gasteiger partial charge in [-0.3, -0.25) is 14.5 Å². The molecule has 1 atom stereocenters. The van der Waals surface area contributed by atoms with Gasteiger partial charge in [0.2, 0.25) is 10.1 Å². The molecule has 2 aliphatic heterocycles. The third-order valence-electron chi connectivity index (χ3n) is 6.32. The largest absolute Gasteiger partial charge is 0.286 e. The van der Waals surface area contributed by atoms with Gasteiger partial charge in [0.1, 0.15) is 0 Å². The molecule has 192 valence electrons. The Morgan fingerprint density at radius 3 is 2.13 bits per heavy atom. The van der Waals surface area contributed by atoms with Crippen LogP contribution in [0.15, 0.2) is 119 Å². The van der Waals surface area contributed by atoms with Crippen LogP contribution in [0.25, 0.3) is 6.08 Å². The Kier molecular flexibility index (Phi) is 6.81. The number of para-hydroxylation sites is 1. The molecule has 4 aromatic rings. The quantitative estimate of drug-likeness (QED) is 0.182. The highest BCUT2D eigenvalue weighted by Gasteiger charge is 2.60. The number of ketones is 1. The van der Waals surface area contributed by atoms with E-state index in [4.69, 9.17) is 16.7 Å². The zero-order valence-corrected chi connectivity index (χ0v) is 23.2. The third-order valence-corrected chi connectivity index (χ3v) is 9.29. The van der Waals surface area contributed by atoms with Crippen molar-refractivity contribution in [1.29, 1.82) is 0 Å². The Morgan fingerprint density at radius 2 is 1.46 bits per heavy atom. The van der Waals surface area contributed by atoms with Gasteiger partial charge in [0.05, 0.1) is 10.6 Å². The first-order valence-corrected chi connectivity index (χ1v) is 14.3. The number of anilines is 2. The number of hydrazone groups is 1. The van der Waals surface area contributed by atoms with Gasteiger partial charge in [0.25, 0.3) is 5.91 Å². The predicted molar refractivity (Wildman–Crippen MR) is 163 cm³/mol. The molecule has 5 nitrogen and oxygen atoms in total. The molecule has 0 bridgehead atoms. The second kappa shape index (κ2) is 10.4. The first-order chi connectivity index (χ1) is 18.9. The lowest BCUT2D eigenvalue weighted by molar-refractivity contribution is -0.114. The van der Waals surface area contributed by atoms with E-state index >= 15 is 0 Å². The molecule has 0 radical (unpaired) electrons. The van der Waals surface area contributed by atoms with E-state index in [2.05, 4.69) is 0 Å². The maximum atomic E-state index is 14.2. The molecular formula is C31H22ClN3O2S2. The minimum atomic E-state index is -1.11. The van der Waals surface area contributed by atoms with E-state index in [9.17, 15) is 9.59 Å². The average molecular weight is 568 g/mol. The molecule has 1 unspecified atom stereocenters. The fourth-order valence-corrected chi connectivity index (χ4v) is 7.46. The van der Waals surface area contributed by atoms with E-state index in [1.807, 2.05) is 97.9 Å². The average Bonchev–Trinajstić information content (AvgIpc) is 3.47. The third kappa shape index (κ3) is 4.78. The number of rotatable bonds is 5. The van der Waals surface area contributed by atoms with Crippen LogP contribution in [0.3, 0.4) is 0 Å². The Balaban J connectivity index is 1.51. The summed E-state index contributed by atoms with van der Waals surface area (Å²) >= 11 is 8.86. The van der Waals surface area contributed by atoms with Crippen molar-refractivity contribution in [2.24, 2.45) is 5.10 Å². The van der Waals surface area contributed by atoms with Gasteiger partial charge in [0.15, 0.2) is 5.04 Å². The van der Waals surface area contributed by atoms with Crippen molar-refractivity contribution in [3.8, 4) is 0 Å². The summed E-state index contributed by atoms with van der Waals surface area (Å²) in [5, 5.41) is 7.48. The molecule has 8 heteroatoms. The lowest BCUT2D eigenvalue weighted by atomic mass is 10.1. The van der Waals surface area contributed by atoms with Crippen molar-refractivity contribution < 1.29 is 9.59 Å². The number of thioether (sulfide) groups is 2. The van der Waals surface area contributed by atoms with Crippen LogP contribution in [0.5, 0.6) is 0 Å². The van der Waals surface area contributed by atoms with Crippen LogP contribution in [0.1, 0.15) is 21.5 Å². The van der Waals surface area contributed by atoms with Crippen molar-refractivity contribution in [1.82, 2.24) is 0 Å². The highest BCUT2D eigenvalue weighted by molar-refractivity contribution is 8.29. The second-order valence-corrected chi connectivity index (χ2v) is 12.1. The molecule has 2 heterocycles. The summed E-state index contributed by atoms with van der Waals surface area (Å²) in [4.78, 5) is 30.1. The van der Waals surface area contributed by atoms with E-state index in [0.717, 1.165) is 11.1 Å². The van der Waals surface area contributed by atoms with Crippen LogP contribution >= 0.6 is 35.1 Å². The zero-order valence-electron chi connectivity index (χ0n) is 20.8. The van der Waals surface area contributed by atoms with E-state index in [-0.39, 0.29) is 11.7 Å². The molecule has 1 saturated heterocycles. The van der Waals surface area contributed by atoms with Gasteiger partial charge in [-0.15, -0.1) is 0 Å². The van der Waals surface area contributed by atoms with Crippen LogP contribution < -0.4 is 9.91 Å². The summed E-state index contributed by atoms with van der Waals surface area (Å²) in [5.41, 5.74) is 4.01. The van der Waals surface area contributed by atoms with Crippen LogP contribution in [0.2, 0.25) is 5.02 Å². The van der Waals surface area contributed by atoms with Crippen LogP contribution in [0, 0.1) is 6.92 Å². The van der Waals surface area contributed by atoms with Crippen molar-refractivity contribution in [3.05, 3.63) is 136 Å². The summed E-state index contributed by atoms with van der Waals surface area (Å²) in [7, 11) is 0. The number of hydrogen-bond donors (Lipinski definition) is 0. The maximum Gasteiger partial charge on any atom is 0.268 e. The topological polar surface area (TPSA) is 53.0 Å². The fraction of sp³-hybridized carbons (Fsp3) is 0.0645. The molecule has 0 aliphatic carbocycles. The van der Waals surface area contributed by atoms with Gasteiger partial charge in [-0.25, -0.2) is 5.01 Å². The van der Waals surface area contributed by atoms with E-state index < -0.39 is 4.33 Å². The number of carbonyl (C=O) groups is 2. The lowest BCUT2D eigenvalue weighted by Crippen LogP contribution is -2.51. The molecular weight excluding hydrogens is 546 g/mol. The van der Waals surface area contributed by atoms with E-state index in [0.29, 0.717) is 31.9 Å². The number of benzene rings is 4. The Morgan fingerprint density at radius 1 is 0.821 bits per heavy atom. The van der Waals surface area contributed by atoms with Crippen molar-refractivity contribution in [2.75, 3.05) is 9.91 Å². The molecule has 1 amide bonds. The Labute approximate surface area is 240 Å². The van der Waals surface area contributed by atoms with E-state index in [1.165, 1.54) is 23.5 Å². The summed E-state index contributed by atoms with van der Waals surface area (Å²) < 4.78 is -1.11. The molecule has 39 heavy (non-hydrogen) atoms. The summed E-state index contributed by atoms with van der Waals surface area (Å²) in [6.07, 6.45) is 1.90. The van der Waals surface area contributed by atoms with Crippen molar-refractivity contribution in [3.63, 3.8) is 0 Å². The molecule has 4 aromatic carbocycles. The lowest BCUT2D eigenvalue weighted by Gasteiger charge is -2.38. The number of aryl methyl sites for hydroxylation is 1. The van der Waals surface area contributed by atoms with Crippen LogP contribution in [-0.2, 0) is 4.79 Å². The summed E-state index contributed by atoms with van der Waals surface area (Å²) in [5.74, 6) is -0.365. The normalized spacial score (nSPS) is 19.7. The minimum absolute atomic E-state index is 0.165. The zero-order chi connectivity index (χ0) is 27.0. The van der Waals surface area contributed by atoms with Gasteiger partial charge in [-0.05, 0) is 66.7 Å². The van der Waals surface area contributed by atoms with Crippen molar-refractivity contribution >= 4 is 69.3 Å². The second-order valence-electron chi connectivity index (χ2n) is 9.04. The SMILES string of the molecule is Cc1ccc(C=C2SC3(SC(C(=O)c4ccccc4)=NN3c3ccc(Cl)cc3)N(c3ccccc3)C2=O)cc1. The van der Waals surface area contributed by atoms with Gasteiger partial charge in [-0.2, -0.15) is 5.10 Å². The molecule has 0 N–H and O–H groups in total. The van der Waals surface area contributed by atoms with Gasteiger partial charge in [-0.1, -0.05) is 102 Å². The van der Waals surface area contributed by atoms with Gasteiger partial charge < -0.3 is 0 Å². The van der Waals surface area contributed by atoms with E-state index in [1.54, 1.807) is 34.2 Å². The number of hydrogen-bond acceptors (Lipinski definition) is 6. The maximum absolute atomic E-state index is 14.2. The van der Waals surface area contributed by atoms with Gasteiger partial charge in [0, 0.05) is 16.3 Å².